The van der Waals surface area contributed by atoms with Crippen molar-refractivity contribution >= 4 is 23.4 Å². The maximum absolute atomic E-state index is 12.1. The molecule has 0 radical (unpaired) electrons. The summed E-state index contributed by atoms with van der Waals surface area (Å²) in [6.45, 7) is 4.40. The largest absolute Gasteiger partial charge is 0.342 e. The Morgan fingerprint density at radius 1 is 1.12 bits per heavy atom. The fourth-order valence-corrected chi connectivity index (χ4v) is 4.30. The van der Waals surface area contributed by atoms with Crippen LogP contribution in [0.3, 0.4) is 0 Å². The van der Waals surface area contributed by atoms with Crippen molar-refractivity contribution < 1.29 is 9.59 Å². The van der Waals surface area contributed by atoms with Crippen LogP contribution in [0, 0.1) is 5.92 Å². The number of hydrogen-bond donors (Lipinski definition) is 1. The summed E-state index contributed by atoms with van der Waals surface area (Å²) in [5.74, 6) is 0.594. The van der Waals surface area contributed by atoms with Crippen molar-refractivity contribution in [3.05, 3.63) is 48.0 Å². The van der Waals surface area contributed by atoms with Gasteiger partial charge in [-0.3, -0.25) is 19.8 Å². The topological polar surface area (TPSA) is 82.8 Å². The second-order valence-corrected chi connectivity index (χ2v) is 8.88. The number of carbonyl (C=O) groups excluding carboxylic acids is 2. The van der Waals surface area contributed by atoms with Crippen LogP contribution in [0.25, 0.3) is 16.9 Å². The zero-order valence-electron chi connectivity index (χ0n) is 18.5. The first kappa shape index (κ1) is 20.6. The summed E-state index contributed by atoms with van der Waals surface area (Å²) in [6, 6.07) is 14.6. The lowest BCUT2D eigenvalue weighted by Gasteiger charge is -2.23. The van der Waals surface area contributed by atoms with Gasteiger partial charge in [-0.05, 0) is 37.0 Å². The molecular weight excluding hydrogens is 404 g/mol. The maximum Gasteiger partial charge on any atom is 0.249 e. The molecule has 3 aromatic rings. The van der Waals surface area contributed by atoms with Crippen molar-refractivity contribution in [2.45, 2.75) is 38.8 Å². The minimum absolute atomic E-state index is 0.00505. The van der Waals surface area contributed by atoms with E-state index < -0.39 is 0 Å². The third-order valence-corrected chi connectivity index (χ3v) is 6.49. The van der Waals surface area contributed by atoms with E-state index in [4.69, 9.17) is 0 Å². The van der Waals surface area contributed by atoms with Crippen molar-refractivity contribution in [2.24, 2.45) is 5.92 Å². The third kappa shape index (κ3) is 4.23. The van der Waals surface area contributed by atoms with E-state index in [1.54, 1.807) is 11.4 Å². The van der Waals surface area contributed by atoms with Crippen molar-refractivity contribution in [1.29, 1.82) is 0 Å². The molecule has 1 saturated heterocycles. The number of amides is 2. The van der Waals surface area contributed by atoms with Crippen LogP contribution >= 0.6 is 0 Å². The number of pyridine rings is 1. The highest BCUT2D eigenvalue weighted by Crippen LogP contribution is 2.30. The van der Waals surface area contributed by atoms with E-state index in [1.807, 2.05) is 30.1 Å². The molecule has 2 aromatic heterocycles. The first-order valence-electron chi connectivity index (χ1n) is 11.2. The molecule has 2 amide bonds. The maximum atomic E-state index is 12.1. The van der Waals surface area contributed by atoms with Gasteiger partial charge in [0, 0.05) is 51.1 Å². The number of nitrogens with zero attached hydrogens (tertiary/aromatic N) is 5. The Kier molecular flexibility index (Phi) is 5.38. The predicted molar refractivity (Wildman–Crippen MR) is 122 cm³/mol. The number of aromatic nitrogens is 3. The monoisotopic (exact) mass is 432 g/mol. The van der Waals surface area contributed by atoms with E-state index in [1.165, 1.54) is 5.56 Å². The smallest absolute Gasteiger partial charge is 0.249 e. The Bertz CT molecular complexity index is 1150. The van der Waals surface area contributed by atoms with Crippen LogP contribution in [0.2, 0.25) is 0 Å². The van der Waals surface area contributed by atoms with E-state index in [9.17, 15) is 9.59 Å². The number of rotatable bonds is 6. The van der Waals surface area contributed by atoms with E-state index in [2.05, 4.69) is 44.6 Å². The first-order chi connectivity index (χ1) is 15.5. The van der Waals surface area contributed by atoms with E-state index >= 15 is 0 Å². The summed E-state index contributed by atoms with van der Waals surface area (Å²) in [5, 5.41) is 7.34. The number of carbonyl (C=O) groups is 2. The molecule has 0 spiro atoms. The summed E-state index contributed by atoms with van der Waals surface area (Å²) in [7, 11) is 1.89. The van der Waals surface area contributed by atoms with Crippen LogP contribution in [0.5, 0.6) is 0 Å². The van der Waals surface area contributed by atoms with Gasteiger partial charge in [0.05, 0.1) is 5.69 Å². The van der Waals surface area contributed by atoms with Crippen LogP contribution in [0.15, 0.2) is 42.5 Å². The Labute approximate surface area is 187 Å². The molecule has 2 aliphatic rings. The Hall–Kier alpha value is -3.26. The molecule has 1 atom stereocenters. The average molecular weight is 433 g/mol. The van der Waals surface area contributed by atoms with Gasteiger partial charge in [0.1, 0.15) is 0 Å². The van der Waals surface area contributed by atoms with Gasteiger partial charge in [0.25, 0.3) is 0 Å². The molecule has 8 heteroatoms. The number of anilines is 1. The molecule has 0 bridgehead atoms. The molecule has 1 saturated carbocycles. The molecule has 8 nitrogen and oxygen atoms in total. The summed E-state index contributed by atoms with van der Waals surface area (Å²) in [4.78, 5) is 32.4. The molecule has 3 heterocycles. The normalized spacial score (nSPS) is 18.8. The number of hydrogen-bond acceptors (Lipinski definition) is 5. The van der Waals surface area contributed by atoms with E-state index in [0.717, 1.165) is 50.2 Å². The third-order valence-electron chi connectivity index (χ3n) is 6.49. The molecule has 1 aliphatic carbocycles. The SMILES string of the molecule is CC(=O)N(C)C1CCN(Cc2ccc(-c3cccc4nc(NC(=O)C5CC5)nn34)cc2)C1. The van der Waals surface area contributed by atoms with Crippen molar-refractivity contribution in [3.8, 4) is 11.3 Å². The number of benzene rings is 1. The van der Waals surface area contributed by atoms with Crippen LogP contribution in [0.1, 0.15) is 31.7 Å². The Balaban J connectivity index is 1.29. The molecule has 5 rings (SSSR count). The highest BCUT2D eigenvalue weighted by molar-refractivity contribution is 5.92. The fraction of sp³-hybridized carbons (Fsp3) is 0.417. The number of likely N-dealkylation sites (N-methyl/N-ethyl adjacent to an activating group) is 1. The number of fused-ring (bicyclic) bond motifs is 1. The van der Waals surface area contributed by atoms with Crippen molar-refractivity contribution in [2.75, 3.05) is 25.5 Å². The summed E-state index contributed by atoms with van der Waals surface area (Å²) in [6.07, 6.45) is 2.91. The van der Waals surface area contributed by atoms with Gasteiger partial charge in [0.15, 0.2) is 5.65 Å². The zero-order chi connectivity index (χ0) is 22.2. The molecule has 1 aromatic carbocycles. The van der Waals surface area contributed by atoms with Crippen LogP contribution in [-0.2, 0) is 16.1 Å². The zero-order valence-corrected chi connectivity index (χ0v) is 18.5. The van der Waals surface area contributed by atoms with Crippen molar-refractivity contribution in [1.82, 2.24) is 24.4 Å². The highest BCUT2D eigenvalue weighted by Gasteiger charge is 2.30. The predicted octanol–water partition coefficient (Wildman–Crippen LogP) is 2.80. The lowest BCUT2D eigenvalue weighted by Crippen LogP contribution is -2.37. The second kappa shape index (κ2) is 8.35. The molecule has 1 aliphatic heterocycles. The van der Waals surface area contributed by atoms with Crippen molar-refractivity contribution in [3.63, 3.8) is 0 Å². The highest BCUT2D eigenvalue weighted by atomic mass is 16.2. The van der Waals surface area contributed by atoms with Gasteiger partial charge in [-0.2, -0.15) is 4.98 Å². The second-order valence-electron chi connectivity index (χ2n) is 8.88. The molecule has 2 fully saturated rings. The average Bonchev–Trinajstić information content (AvgIpc) is 3.41. The fourth-order valence-electron chi connectivity index (χ4n) is 4.30. The van der Waals surface area contributed by atoms with Gasteiger partial charge < -0.3 is 4.90 Å². The minimum atomic E-state index is 0.00505. The van der Waals surface area contributed by atoms with Gasteiger partial charge >= 0.3 is 0 Å². The summed E-state index contributed by atoms with van der Waals surface area (Å²) < 4.78 is 1.78. The van der Waals surface area contributed by atoms with Crippen LogP contribution < -0.4 is 5.32 Å². The molecule has 166 valence electrons. The summed E-state index contributed by atoms with van der Waals surface area (Å²) >= 11 is 0. The van der Waals surface area contributed by atoms with E-state index in [0.29, 0.717) is 17.6 Å². The molecule has 1 unspecified atom stereocenters. The minimum Gasteiger partial charge on any atom is -0.342 e. The number of likely N-dealkylation sites (tertiary alicyclic amines) is 1. The lowest BCUT2D eigenvalue weighted by atomic mass is 10.1. The van der Waals surface area contributed by atoms with Crippen LogP contribution in [0.4, 0.5) is 5.95 Å². The lowest BCUT2D eigenvalue weighted by molar-refractivity contribution is -0.129. The molecule has 32 heavy (non-hydrogen) atoms. The molecule has 1 N–H and O–H groups in total. The Morgan fingerprint density at radius 3 is 2.62 bits per heavy atom. The number of nitrogens with one attached hydrogen (secondary N) is 1. The van der Waals surface area contributed by atoms with Crippen LogP contribution in [-0.4, -0.2) is 62.4 Å². The van der Waals surface area contributed by atoms with E-state index in [-0.39, 0.29) is 17.7 Å². The standard InChI is InChI=1S/C24H28N6O2/c1-16(31)28(2)20-12-13-29(15-20)14-17-6-8-18(9-7-17)21-4-3-5-22-25-24(27-30(21)22)26-23(32)19-10-11-19/h3-9,19-20H,10-15H2,1-2H3,(H,26,27,32). The Morgan fingerprint density at radius 2 is 1.91 bits per heavy atom. The molecular formula is C24H28N6O2. The van der Waals surface area contributed by atoms with Gasteiger partial charge in [0.2, 0.25) is 17.8 Å². The summed E-state index contributed by atoms with van der Waals surface area (Å²) in [5.41, 5.74) is 3.91. The first-order valence-corrected chi connectivity index (χ1v) is 11.2. The van der Waals surface area contributed by atoms with Gasteiger partial charge in [-0.25, -0.2) is 4.52 Å². The van der Waals surface area contributed by atoms with Gasteiger partial charge in [-0.15, -0.1) is 5.10 Å². The van der Waals surface area contributed by atoms with Gasteiger partial charge in [-0.1, -0.05) is 30.3 Å². The quantitative estimate of drug-likeness (QED) is 0.648.